The maximum absolute atomic E-state index is 12.0. The lowest BCUT2D eigenvalue weighted by Crippen LogP contribution is -2.18. The summed E-state index contributed by atoms with van der Waals surface area (Å²) in [6.45, 7) is 4.03. The Morgan fingerprint density at radius 1 is 1.20 bits per heavy atom. The van der Waals surface area contributed by atoms with Crippen LogP contribution < -0.4 is 0 Å². The third-order valence-corrected chi connectivity index (χ3v) is 4.26. The largest absolute Gasteiger partial charge is 0.461 e. The van der Waals surface area contributed by atoms with Crippen molar-refractivity contribution in [2.24, 2.45) is 0 Å². The van der Waals surface area contributed by atoms with E-state index in [2.05, 4.69) is 0 Å². The van der Waals surface area contributed by atoms with Gasteiger partial charge in [-0.05, 0) is 25.5 Å². The van der Waals surface area contributed by atoms with E-state index in [1.165, 1.54) is 12.1 Å². The standard InChI is InChI=1S/C15H20O4S/c1-3-4-5-6-11-19-15(16)12-20(17,18)14-9-7-13(2)8-10-14/h5-10H,3-4,11-12H2,1-2H3/b6-5-. The second-order valence-electron chi connectivity index (χ2n) is 4.52. The van der Waals surface area contributed by atoms with Crippen LogP contribution in [0.5, 0.6) is 0 Å². The Morgan fingerprint density at radius 2 is 1.85 bits per heavy atom. The van der Waals surface area contributed by atoms with Gasteiger partial charge in [-0.2, -0.15) is 0 Å². The fraction of sp³-hybridized carbons (Fsp3) is 0.400. The second-order valence-corrected chi connectivity index (χ2v) is 6.50. The summed E-state index contributed by atoms with van der Waals surface area (Å²) in [5.41, 5.74) is 0.965. The minimum absolute atomic E-state index is 0.113. The number of carbonyl (C=O) groups is 1. The van der Waals surface area contributed by atoms with Crippen LogP contribution in [0.25, 0.3) is 0 Å². The maximum Gasteiger partial charge on any atom is 0.321 e. The first-order valence-electron chi connectivity index (χ1n) is 6.55. The van der Waals surface area contributed by atoms with Gasteiger partial charge in [-0.25, -0.2) is 8.42 Å². The molecule has 20 heavy (non-hydrogen) atoms. The van der Waals surface area contributed by atoms with Gasteiger partial charge in [0.1, 0.15) is 6.61 Å². The highest BCUT2D eigenvalue weighted by Gasteiger charge is 2.19. The summed E-state index contributed by atoms with van der Waals surface area (Å²) in [7, 11) is -3.62. The number of hydrogen-bond donors (Lipinski definition) is 0. The second kappa shape index (κ2) is 7.85. The molecule has 1 rings (SSSR count). The average Bonchev–Trinajstić information content (AvgIpc) is 2.38. The molecule has 110 valence electrons. The van der Waals surface area contributed by atoms with Crippen molar-refractivity contribution in [2.75, 3.05) is 12.4 Å². The molecule has 0 atom stereocenters. The van der Waals surface area contributed by atoms with Gasteiger partial charge in [0.05, 0.1) is 4.90 Å². The van der Waals surface area contributed by atoms with E-state index >= 15 is 0 Å². The summed E-state index contributed by atoms with van der Waals surface area (Å²) in [5, 5.41) is 0. The molecule has 0 aromatic heterocycles. The molecule has 0 bridgehead atoms. The molecule has 0 saturated carbocycles. The Morgan fingerprint density at radius 3 is 2.45 bits per heavy atom. The summed E-state index contributed by atoms with van der Waals surface area (Å²) >= 11 is 0. The minimum Gasteiger partial charge on any atom is -0.461 e. The zero-order valence-corrected chi connectivity index (χ0v) is 12.7. The van der Waals surface area contributed by atoms with Crippen LogP contribution in [-0.2, 0) is 19.4 Å². The lowest BCUT2D eigenvalue weighted by Gasteiger charge is -2.05. The fourth-order valence-electron chi connectivity index (χ4n) is 1.52. The van der Waals surface area contributed by atoms with Crippen LogP contribution in [0.1, 0.15) is 25.3 Å². The fourth-order valence-corrected chi connectivity index (χ4v) is 2.63. The number of carbonyl (C=O) groups excluding carboxylic acids is 1. The normalized spacial score (nSPS) is 11.7. The van der Waals surface area contributed by atoms with E-state index in [1.807, 2.05) is 19.9 Å². The highest BCUT2D eigenvalue weighted by atomic mass is 32.2. The van der Waals surface area contributed by atoms with Gasteiger partial charge in [-0.1, -0.05) is 43.2 Å². The molecule has 5 heteroatoms. The summed E-state index contributed by atoms with van der Waals surface area (Å²) in [5.74, 6) is -1.36. The average molecular weight is 296 g/mol. The van der Waals surface area contributed by atoms with Gasteiger partial charge in [0.2, 0.25) is 0 Å². The van der Waals surface area contributed by atoms with E-state index in [0.717, 1.165) is 18.4 Å². The van der Waals surface area contributed by atoms with Crippen LogP contribution in [0, 0.1) is 6.92 Å². The van der Waals surface area contributed by atoms with Crippen LogP contribution in [-0.4, -0.2) is 26.7 Å². The number of hydrogen-bond acceptors (Lipinski definition) is 4. The molecule has 0 aliphatic rings. The van der Waals surface area contributed by atoms with Gasteiger partial charge in [0.25, 0.3) is 0 Å². The first-order chi connectivity index (χ1) is 9.45. The molecule has 0 unspecified atom stereocenters. The third kappa shape index (κ3) is 5.57. The number of sulfone groups is 1. The van der Waals surface area contributed by atoms with Crippen molar-refractivity contribution < 1.29 is 17.9 Å². The zero-order valence-electron chi connectivity index (χ0n) is 11.8. The maximum atomic E-state index is 12.0. The number of esters is 1. The van der Waals surface area contributed by atoms with E-state index in [0.29, 0.717) is 0 Å². The third-order valence-electron chi connectivity index (χ3n) is 2.65. The predicted molar refractivity (Wildman–Crippen MR) is 78.2 cm³/mol. The zero-order chi connectivity index (χ0) is 15.0. The molecule has 0 N–H and O–H groups in total. The van der Waals surface area contributed by atoms with Gasteiger partial charge in [0.15, 0.2) is 15.6 Å². The Labute approximate surface area is 120 Å². The number of benzene rings is 1. The van der Waals surface area contributed by atoms with Gasteiger partial charge in [0, 0.05) is 0 Å². The van der Waals surface area contributed by atoms with Crippen LogP contribution >= 0.6 is 0 Å². The molecule has 0 saturated heterocycles. The molecule has 0 fully saturated rings. The number of aryl methyl sites for hydroxylation is 1. The van der Waals surface area contributed by atoms with Crippen LogP contribution in [0.15, 0.2) is 41.3 Å². The van der Waals surface area contributed by atoms with Gasteiger partial charge in [-0.15, -0.1) is 0 Å². The summed E-state index contributed by atoms with van der Waals surface area (Å²) in [6.07, 6.45) is 5.56. The highest BCUT2D eigenvalue weighted by Crippen LogP contribution is 2.12. The van der Waals surface area contributed by atoms with Gasteiger partial charge >= 0.3 is 5.97 Å². The molecule has 4 nitrogen and oxygen atoms in total. The Bertz CT molecular complexity index is 556. The SMILES string of the molecule is CCC/C=C\COC(=O)CS(=O)(=O)c1ccc(C)cc1. The van der Waals surface area contributed by atoms with E-state index < -0.39 is 21.6 Å². The van der Waals surface area contributed by atoms with Crippen molar-refractivity contribution in [3.05, 3.63) is 42.0 Å². The topological polar surface area (TPSA) is 60.4 Å². The van der Waals surface area contributed by atoms with E-state index in [-0.39, 0.29) is 11.5 Å². The highest BCUT2D eigenvalue weighted by molar-refractivity contribution is 7.92. The first-order valence-corrected chi connectivity index (χ1v) is 8.21. The summed E-state index contributed by atoms with van der Waals surface area (Å²) in [6, 6.07) is 6.40. The molecular weight excluding hydrogens is 276 g/mol. The summed E-state index contributed by atoms with van der Waals surface area (Å²) < 4.78 is 28.8. The molecule has 0 aliphatic heterocycles. The van der Waals surface area contributed by atoms with Crippen LogP contribution in [0.3, 0.4) is 0 Å². The number of rotatable bonds is 7. The van der Waals surface area contributed by atoms with Crippen molar-refractivity contribution in [1.82, 2.24) is 0 Å². The Hall–Kier alpha value is -1.62. The van der Waals surface area contributed by atoms with Crippen molar-refractivity contribution in [3.8, 4) is 0 Å². The van der Waals surface area contributed by atoms with Crippen molar-refractivity contribution in [3.63, 3.8) is 0 Å². The van der Waals surface area contributed by atoms with E-state index in [1.54, 1.807) is 18.2 Å². The van der Waals surface area contributed by atoms with Crippen molar-refractivity contribution in [2.45, 2.75) is 31.6 Å². The molecule has 0 amide bonds. The molecular formula is C15H20O4S. The minimum atomic E-state index is -3.62. The van der Waals surface area contributed by atoms with E-state index in [4.69, 9.17) is 4.74 Å². The smallest absolute Gasteiger partial charge is 0.321 e. The quantitative estimate of drug-likeness (QED) is 0.573. The number of ether oxygens (including phenoxy) is 1. The predicted octanol–water partition coefficient (Wildman–Crippen LogP) is 2.67. The number of unbranched alkanes of at least 4 members (excludes halogenated alkanes) is 1. The molecule has 0 heterocycles. The Kier molecular flexibility index (Phi) is 6.45. The molecule has 0 aliphatic carbocycles. The van der Waals surface area contributed by atoms with Gasteiger partial charge < -0.3 is 4.74 Å². The first kappa shape index (κ1) is 16.4. The molecule has 1 aromatic rings. The molecule has 0 radical (unpaired) electrons. The summed E-state index contributed by atoms with van der Waals surface area (Å²) in [4.78, 5) is 11.6. The van der Waals surface area contributed by atoms with E-state index in [9.17, 15) is 13.2 Å². The number of allylic oxidation sites excluding steroid dienone is 1. The van der Waals surface area contributed by atoms with Crippen LogP contribution in [0.2, 0.25) is 0 Å². The molecule has 1 aromatic carbocycles. The van der Waals surface area contributed by atoms with Crippen LogP contribution in [0.4, 0.5) is 0 Å². The van der Waals surface area contributed by atoms with Crippen molar-refractivity contribution in [1.29, 1.82) is 0 Å². The lowest BCUT2D eigenvalue weighted by atomic mass is 10.2. The van der Waals surface area contributed by atoms with Gasteiger partial charge in [-0.3, -0.25) is 4.79 Å². The lowest BCUT2D eigenvalue weighted by molar-refractivity contribution is -0.139. The molecule has 0 spiro atoms. The Balaban J connectivity index is 2.54. The van der Waals surface area contributed by atoms with Crippen molar-refractivity contribution >= 4 is 15.8 Å². The monoisotopic (exact) mass is 296 g/mol.